The molecule has 0 saturated heterocycles. The Labute approximate surface area is 117 Å². The first-order chi connectivity index (χ1) is 9.20. The van der Waals surface area contributed by atoms with Crippen molar-refractivity contribution in [3.05, 3.63) is 47.0 Å². The van der Waals surface area contributed by atoms with E-state index in [0.29, 0.717) is 5.56 Å². The summed E-state index contributed by atoms with van der Waals surface area (Å²) < 4.78 is 37.6. The van der Waals surface area contributed by atoms with Crippen molar-refractivity contribution < 1.29 is 18.3 Å². The molecule has 2 heterocycles. The summed E-state index contributed by atoms with van der Waals surface area (Å²) in [5.74, 6) is 0. The van der Waals surface area contributed by atoms with Gasteiger partial charge in [-0.05, 0) is 19.1 Å². The first-order valence-electron chi connectivity index (χ1n) is 5.63. The van der Waals surface area contributed by atoms with Crippen molar-refractivity contribution in [1.82, 2.24) is 14.8 Å². The molecule has 2 aromatic rings. The van der Waals surface area contributed by atoms with Gasteiger partial charge in [0.15, 0.2) is 0 Å². The van der Waals surface area contributed by atoms with Crippen molar-refractivity contribution in [2.24, 2.45) is 0 Å². The van der Waals surface area contributed by atoms with Gasteiger partial charge in [-0.3, -0.25) is 9.67 Å². The van der Waals surface area contributed by atoms with E-state index in [4.69, 9.17) is 11.6 Å². The zero-order valence-corrected chi connectivity index (χ0v) is 11.2. The highest BCUT2D eigenvalue weighted by Gasteiger charge is 2.33. The lowest BCUT2D eigenvalue weighted by Crippen LogP contribution is -2.25. The summed E-state index contributed by atoms with van der Waals surface area (Å²) in [5, 5.41) is 14.4. The molecule has 8 heteroatoms. The van der Waals surface area contributed by atoms with E-state index in [1.165, 1.54) is 31.5 Å². The summed E-state index contributed by atoms with van der Waals surface area (Å²) in [6.45, 7) is 0.196. The Morgan fingerprint density at radius 1 is 1.35 bits per heavy atom. The number of rotatable bonds is 3. The van der Waals surface area contributed by atoms with Crippen molar-refractivity contribution in [1.29, 1.82) is 0 Å². The number of halogens is 4. The maximum absolute atomic E-state index is 12.3. The van der Waals surface area contributed by atoms with Gasteiger partial charge in [-0.1, -0.05) is 11.6 Å². The molecule has 1 unspecified atom stereocenters. The molecule has 2 rings (SSSR count). The maximum Gasteiger partial charge on any atom is 0.408 e. The molecule has 0 aromatic carbocycles. The molecule has 4 nitrogen and oxygen atoms in total. The van der Waals surface area contributed by atoms with Crippen molar-refractivity contribution >= 4 is 11.6 Å². The van der Waals surface area contributed by atoms with Crippen molar-refractivity contribution in [3.8, 4) is 0 Å². The minimum atomic E-state index is -4.37. The van der Waals surface area contributed by atoms with Gasteiger partial charge >= 0.3 is 6.18 Å². The van der Waals surface area contributed by atoms with Crippen molar-refractivity contribution in [3.63, 3.8) is 0 Å². The van der Waals surface area contributed by atoms with Crippen LogP contribution in [0.5, 0.6) is 0 Å². The second-order valence-electron chi connectivity index (χ2n) is 4.44. The smallest absolute Gasteiger partial charge is 0.379 e. The zero-order chi connectivity index (χ0) is 15.0. The van der Waals surface area contributed by atoms with Gasteiger partial charge in [0.25, 0.3) is 0 Å². The summed E-state index contributed by atoms with van der Waals surface area (Å²) in [7, 11) is 0. The van der Waals surface area contributed by atoms with Crippen molar-refractivity contribution in [2.45, 2.75) is 25.2 Å². The number of hydrogen-bond donors (Lipinski definition) is 1. The van der Waals surface area contributed by atoms with Gasteiger partial charge in [0.1, 0.15) is 12.1 Å². The minimum Gasteiger partial charge on any atom is -0.379 e. The molecule has 0 aliphatic rings. The van der Waals surface area contributed by atoms with Crippen LogP contribution in [0.4, 0.5) is 13.2 Å². The molecule has 0 amide bonds. The third-order valence-corrected chi connectivity index (χ3v) is 3.08. The van der Waals surface area contributed by atoms with E-state index in [1.807, 2.05) is 0 Å². The van der Waals surface area contributed by atoms with Crippen LogP contribution < -0.4 is 0 Å². The maximum atomic E-state index is 12.3. The van der Waals surface area contributed by atoms with Gasteiger partial charge in [0.05, 0.1) is 10.7 Å². The van der Waals surface area contributed by atoms with Crippen LogP contribution in [0.3, 0.4) is 0 Å². The van der Waals surface area contributed by atoms with E-state index in [2.05, 4.69) is 10.1 Å². The van der Waals surface area contributed by atoms with E-state index in [0.717, 1.165) is 10.9 Å². The molecule has 20 heavy (non-hydrogen) atoms. The number of aromatic nitrogens is 3. The summed E-state index contributed by atoms with van der Waals surface area (Å²) in [4.78, 5) is 3.79. The highest BCUT2D eigenvalue weighted by molar-refractivity contribution is 6.31. The first-order valence-corrected chi connectivity index (χ1v) is 6.01. The largest absolute Gasteiger partial charge is 0.408 e. The Morgan fingerprint density at radius 3 is 2.65 bits per heavy atom. The second kappa shape index (κ2) is 5.06. The number of nitrogens with zero attached hydrogens (tertiary/aromatic N) is 3. The number of pyridine rings is 1. The molecule has 0 aliphatic carbocycles. The fourth-order valence-corrected chi connectivity index (χ4v) is 2.10. The Kier molecular flexibility index (Phi) is 3.75. The number of aliphatic hydroxyl groups is 1. The van der Waals surface area contributed by atoms with Crippen LogP contribution >= 0.6 is 11.6 Å². The molecule has 0 fully saturated rings. The molecule has 0 saturated carbocycles. The molecule has 108 valence electrons. The minimum absolute atomic E-state index is 0.0786. The van der Waals surface area contributed by atoms with Gasteiger partial charge < -0.3 is 5.11 Å². The van der Waals surface area contributed by atoms with Gasteiger partial charge in [-0.15, -0.1) is 0 Å². The second-order valence-corrected chi connectivity index (χ2v) is 4.85. The Balaban J connectivity index is 2.33. The lowest BCUT2D eigenvalue weighted by atomic mass is 9.93. The summed E-state index contributed by atoms with van der Waals surface area (Å²) in [6, 6.07) is 2.81. The fraction of sp³-hybridized carbons (Fsp3) is 0.333. The molecular formula is C12H11ClF3N3O. The summed E-state index contributed by atoms with van der Waals surface area (Å²) in [5.41, 5.74) is -1.20. The molecule has 0 aliphatic heterocycles. The standard InChI is InChI=1S/C12H11ClF3N3O/c1-11(20,8-2-4-17-6-9(8)13)10-3-5-19(18-10)7-12(14,15)16/h2-6,20H,7H2,1H3. The molecule has 1 N–H and O–H groups in total. The van der Waals surface area contributed by atoms with Crippen LogP contribution in [-0.4, -0.2) is 26.0 Å². The molecule has 0 bridgehead atoms. The number of alkyl halides is 3. The third-order valence-electron chi connectivity index (χ3n) is 2.78. The van der Waals surface area contributed by atoms with Gasteiger partial charge in [0, 0.05) is 24.2 Å². The van der Waals surface area contributed by atoms with Crippen LogP contribution in [0.1, 0.15) is 18.2 Å². The zero-order valence-electron chi connectivity index (χ0n) is 10.4. The van der Waals surface area contributed by atoms with Crippen LogP contribution in [0.2, 0.25) is 5.02 Å². The fourth-order valence-electron chi connectivity index (χ4n) is 1.80. The predicted octanol–water partition coefficient (Wildman–Crippen LogP) is 2.75. The molecule has 2 aromatic heterocycles. The topological polar surface area (TPSA) is 50.9 Å². The van der Waals surface area contributed by atoms with Gasteiger partial charge in [0.2, 0.25) is 0 Å². The monoisotopic (exact) mass is 305 g/mol. The first kappa shape index (κ1) is 14.8. The van der Waals surface area contributed by atoms with Crippen LogP contribution in [0, 0.1) is 0 Å². The SMILES string of the molecule is CC(O)(c1ccn(CC(F)(F)F)n1)c1ccncc1Cl. The lowest BCUT2D eigenvalue weighted by Gasteiger charge is -2.22. The Bertz CT molecular complexity index is 610. The third kappa shape index (κ3) is 3.10. The molecule has 0 spiro atoms. The Hall–Kier alpha value is -1.60. The number of hydrogen-bond acceptors (Lipinski definition) is 3. The van der Waals surface area contributed by atoms with E-state index in [1.54, 1.807) is 0 Å². The molecular weight excluding hydrogens is 295 g/mol. The van der Waals surface area contributed by atoms with Crippen LogP contribution in [-0.2, 0) is 12.1 Å². The molecule has 0 radical (unpaired) electrons. The molecule has 1 atom stereocenters. The normalized spacial score (nSPS) is 15.1. The van der Waals surface area contributed by atoms with Crippen LogP contribution in [0.15, 0.2) is 30.7 Å². The van der Waals surface area contributed by atoms with E-state index in [-0.39, 0.29) is 10.7 Å². The Morgan fingerprint density at radius 2 is 2.05 bits per heavy atom. The average molecular weight is 306 g/mol. The highest BCUT2D eigenvalue weighted by Crippen LogP contribution is 2.32. The van der Waals surface area contributed by atoms with E-state index < -0.39 is 18.3 Å². The highest BCUT2D eigenvalue weighted by atomic mass is 35.5. The summed E-state index contributed by atoms with van der Waals surface area (Å²) >= 11 is 5.93. The predicted molar refractivity (Wildman–Crippen MR) is 66.2 cm³/mol. The average Bonchev–Trinajstić information content (AvgIpc) is 2.76. The van der Waals surface area contributed by atoms with Gasteiger partial charge in [-0.25, -0.2) is 0 Å². The van der Waals surface area contributed by atoms with E-state index in [9.17, 15) is 18.3 Å². The van der Waals surface area contributed by atoms with Crippen molar-refractivity contribution in [2.75, 3.05) is 0 Å². The van der Waals surface area contributed by atoms with E-state index >= 15 is 0 Å². The lowest BCUT2D eigenvalue weighted by molar-refractivity contribution is -0.142. The summed E-state index contributed by atoms with van der Waals surface area (Å²) in [6.07, 6.45) is -0.434. The van der Waals surface area contributed by atoms with Gasteiger partial charge in [-0.2, -0.15) is 18.3 Å². The van der Waals surface area contributed by atoms with Crippen LogP contribution in [0.25, 0.3) is 0 Å². The quantitative estimate of drug-likeness (QED) is 0.948.